The van der Waals surface area contributed by atoms with Crippen molar-refractivity contribution in [1.29, 1.82) is 5.26 Å². The van der Waals surface area contributed by atoms with E-state index in [9.17, 15) is 10.4 Å². The first-order chi connectivity index (χ1) is 8.56. The third-order valence-corrected chi connectivity index (χ3v) is 2.71. The summed E-state index contributed by atoms with van der Waals surface area (Å²) in [4.78, 5) is 0. The highest BCUT2D eigenvalue weighted by molar-refractivity contribution is 9.10. The molecule has 0 unspecified atom stereocenters. The monoisotopic (exact) mass is 256 g/mol. The minimum absolute atomic E-state index is 0.177. The maximum absolute atomic E-state index is 9.48. The third kappa shape index (κ3) is 1.35. The lowest BCUT2D eigenvalue weighted by Gasteiger charge is -2.07. The second kappa shape index (κ2) is 3.38. The molecule has 0 heterocycles. The van der Waals surface area contributed by atoms with E-state index < -0.39 is 24.2 Å². The molecule has 0 saturated heterocycles. The zero-order chi connectivity index (χ0) is 14.7. The van der Waals surface area contributed by atoms with E-state index in [1.165, 1.54) is 12.1 Å². The average Bonchev–Trinajstić information content (AvgIpc) is 2.71. The summed E-state index contributed by atoms with van der Waals surface area (Å²) >= 11 is 3.20. The second-order valence-electron chi connectivity index (χ2n) is 2.98. The Morgan fingerprint density at radius 3 is 2.86 bits per heavy atom. The third-order valence-electron chi connectivity index (χ3n) is 2.18. The fraction of sp³-hybridized carbons (Fsp3) is 0.364. The standard InChI is InChI=1S/C11H10BrNO/c12-10-3-1-8(2-4-10)11(7-13)5-9(11)6-14/h1-4,9,14H,5-6H2/t9-,11+/m0/s1/i5D2,6D2,9D. The lowest BCUT2D eigenvalue weighted by Crippen LogP contribution is -2.08. The molecule has 1 saturated carbocycles. The predicted molar refractivity (Wildman–Crippen MR) is 56.6 cm³/mol. The van der Waals surface area contributed by atoms with E-state index >= 15 is 0 Å². The van der Waals surface area contributed by atoms with Crippen molar-refractivity contribution >= 4 is 15.9 Å². The van der Waals surface area contributed by atoms with Gasteiger partial charge in [-0.1, -0.05) is 28.1 Å². The molecular weight excluding hydrogens is 242 g/mol. The molecule has 0 aliphatic heterocycles. The van der Waals surface area contributed by atoms with Gasteiger partial charge in [-0.05, 0) is 24.1 Å². The molecule has 72 valence electrons. The molecule has 2 rings (SSSR count). The van der Waals surface area contributed by atoms with Crippen LogP contribution in [-0.2, 0) is 5.41 Å². The topological polar surface area (TPSA) is 44.0 Å². The van der Waals surface area contributed by atoms with E-state index in [2.05, 4.69) is 15.9 Å². The van der Waals surface area contributed by atoms with Gasteiger partial charge in [0.25, 0.3) is 0 Å². The van der Waals surface area contributed by atoms with E-state index in [1.807, 2.05) is 0 Å². The number of nitriles is 1. The largest absolute Gasteiger partial charge is 0.396 e. The summed E-state index contributed by atoms with van der Waals surface area (Å²) in [5, 5.41) is 18.8. The van der Waals surface area contributed by atoms with Crippen molar-refractivity contribution < 1.29 is 12.0 Å². The molecule has 1 fully saturated rings. The number of nitrogens with zero attached hydrogens (tertiary/aromatic N) is 1. The molecule has 1 aromatic carbocycles. The Bertz CT molecular complexity index is 564. The number of benzene rings is 1. The Morgan fingerprint density at radius 2 is 2.43 bits per heavy atom. The van der Waals surface area contributed by atoms with Crippen LogP contribution in [0.3, 0.4) is 0 Å². The van der Waals surface area contributed by atoms with Gasteiger partial charge >= 0.3 is 0 Å². The summed E-state index contributed by atoms with van der Waals surface area (Å²) in [6.45, 7) is -3.13. The molecular formula is C11H10BrNO. The molecule has 0 spiro atoms. The maximum atomic E-state index is 9.48. The normalized spacial score (nSPS) is 44.8. The van der Waals surface area contributed by atoms with Gasteiger partial charge in [-0.2, -0.15) is 5.26 Å². The first-order valence-electron chi connectivity index (χ1n) is 6.46. The van der Waals surface area contributed by atoms with Gasteiger partial charge in [0.1, 0.15) is 0 Å². The van der Waals surface area contributed by atoms with Crippen LogP contribution in [0, 0.1) is 17.2 Å². The van der Waals surface area contributed by atoms with Crippen LogP contribution in [0.15, 0.2) is 28.7 Å². The number of halogens is 1. The fourth-order valence-electron chi connectivity index (χ4n) is 1.33. The van der Waals surface area contributed by atoms with E-state index in [-0.39, 0.29) is 5.56 Å². The van der Waals surface area contributed by atoms with Crippen molar-refractivity contribution in [3.63, 3.8) is 0 Å². The summed E-state index contributed by atoms with van der Waals surface area (Å²) in [5.41, 5.74) is -1.85. The molecule has 1 N–H and O–H groups in total. The van der Waals surface area contributed by atoms with Crippen molar-refractivity contribution in [2.75, 3.05) is 6.56 Å². The quantitative estimate of drug-likeness (QED) is 0.882. The molecule has 3 heteroatoms. The highest BCUT2D eigenvalue weighted by Crippen LogP contribution is 2.53. The van der Waals surface area contributed by atoms with E-state index in [0.29, 0.717) is 4.47 Å². The number of rotatable bonds is 2. The Hall–Kier alpha value is -0.850. The summed E-state index contributed by atoms with van der Waals surface area (Å²) in [7, 11) is 0. The smallest absolute Gasteiger partial charge is 0.0877 e. The van der Waals surface area contributed by atoms with Crippen LogP contribution in [0.5, 0.6) is 0 Å². The van der Waals surface area contributed by atoms with Gasteiger partial charge in [0, 0.05) is 21.0 Å². The van der Waals surface area contributed by atoms with Crippen LogP contribution in [-0.4, -0.2) is 11.7 Å². The van der Waals surface area contributed by atoms with Gasteiger partial charge in [0.15, 0.2) is 0 Å². The summed E-state index contributed by atoms with van der Waals surface area (Å²) in [6, 6.07) is 7.76. The molecule has 1 aliphatic rings. The molecule has 0 radical (unpaired) electrons. The van der Waals surface area contributed by atoms with E-state index in [4.69, 9.17) is 6.85 Å². The van der Waals surface area contributed by atoms with Crippen molar-refractivity contribution in [3.8, 4) is 6.07 Å². The molecule has 1 aliphatic carbocycles. The number of aliphatic hydroxyl groups is 1. The Balaban J connectivity index is 2.65. The summed E-state index contributed by atoms with van der Waals surface area (Å²) in [6.07, 6.45) is -2.49. The Labute approximate surface area is 98.3 Å². The van der Waals surface area contributed by atoms with Crippen LogP contribution >= 0.6 is 15.9 Å². The first kappa shape index (κ1) is 5.29. The lowest BCUT2D eigenvalue weighted by atomic mass is 9.95. The highest BCUT2D eigenvalue weighted by atomic mass is 79.9. The van der Waals surface area contributed by atoms with E-state index in [0.717, 1.165) is 0 Å². The van der Waals surface area contributed by atoms with Crippen LogP contribution in [0.2, 0.25) is 0 Å². The molecule has 14 heavy (non-hydrogen) atoms. The predicted octanol–water partition coefficient (Wildman–Crippen LogP) is 2.22. The van der Waals surface area contributed by atoms with Gasteiger partial charge in [0.2, 0.25) is 0 Å². The summed E-state index contributed by atoms with van der Waals surface area (Å²) in [5.74, 6) is -2.56. The van der Waals surface area contributed by atoms with Crippen molar-refractivity contribution in [1.82, 2.24) is 0 Å². The second-order valence-corrected chi connectivity index (χ2v) is 3.90. The van der Waals surface area contributed by atoms with Gasteiger partial charge < -0.3 is 5.11 Å². The van der Waals surface area contributed by atoms with Crippen LogP contribution < -0.4 is 0 Å². The highest BCUT2D eigenvalue weighted by Gasteiger charge is 2.55. The molecule has 0 aromatic heterocycles. The molecule has 0 bridgehead atoms. The van der Waals surface area contributed by atoms with Crippen molar-refractivity contribution in [3.05, 3.63) is 34.3 Å². The van der Waals surface area contributed by atoms with Gasteiger partial charge in [-0.25, -0.2) is 0 Å². The van der Waals surface area contributed by atoms with E-state index in [1.54, 1.807) is 18.2 Å². The van der Waals surface area contributed by atoms with Crippen molar-refractivity contribution in [2.24, 2.45) is 5.89 Å². The van der Waals surface area contributed by atoms with Gasteiger partial charge in [-0.15, -0.1) is 0 Å². The summed E-state index contributed by atoms with van der Waals surface area (Å²) < 4.78 is 38.8. The van der Waals surface area contributed by atoms with Crippen LogP contribution in [0.25, 0.3) is 0 Å². The van der Waals surface area contributed by atoms with Crippen molar-refractivity contribution in [2.45, 2.75) is 11.8 Å². The zero-order valence-electron chi connectivity index (χ0n) is 12.1. The lowest BCUT2D eigenvalue weighted by molar-refractivity contribution is 0.269. The minimum Gasteiger partial charge on any atom is -0.396 e. The Kier molecular flexibility index (Phi) is 1.28. The van der Waals surface area contributed by atoms with Crippen LogP contribution in [0.4, 0.5) is 0 Å². The van der Waals surface area contributed by atoms with Gasteiger partial charge in [-0.3, -0.25) is 0 Å². The fourth-order valence-corrected chi connectivity index (χ4v) is 1.60. The SMILES string of the molecule is [2H]C([2H])(O)[C@]1([2H])C([2H])([2H])[C@@]1(C#N)c1ccc(Br)cc1. The molecule has 2 nitrogen and oxygen atoms in total. The van der Waals surface area contributed by atoms with Crippen LogP contribution in [0.1, 0.15) is 18.8 Å². The zero-order valence-corrected chi connectivity index (χ0v) is 8.67. The number of hydrogen-bond donors (Lipinski definition) is 1. The maximum Gasteiger partial charge on any atom is 0.0877 e. The minimum atomic E-state index is -3.13. The number of hydrogen-bond acceptors (Lipinski definition) is 2. The Morgan fingerprint density at radius 1 is 1.79 bits per heavy atom. The first-order valence-corrected chi connectivity index (χ1v) is 4.75. The average molecular weight is 257 g/mol. The van der Waals surface area contributed by atoms with Gasteiger partial charge in [0.05, 0.1) is 14.2 Å². The molecule has 1 aromatic rings. The molecule has 0 amide bonds. The molecule has 2 atom stereocenters.